The van der Waals surface area contributed by atoms with Gasteiger partial charge in [-0.2, -0.15) is 5.10 Å². The van der Waals surface area contributed by atoms with Gasteiger partial charge in [0.15, 0.2) is 0 Å². The summed E-state index contributed by atoms with van der Waals surface area (Å²) in [5, 5.41) is 6.23. The molecule has 0 spiro atoms. The Balaban J connectivity index is 1.79. The van der Waals surface area contributed by atoms with E-state index in [1.807, 2.05) is 48.5 Å². The maximum Gasteiger partial charge on any atom is 0.240 e. The van der Waals surface area contributed by atoms with Gasteiger partial charge in [0.2, 0.25) is 5.91 Å². The Morgan fingerprint density at radius 2 is 2.04 bits per heavy atom. The van der Waals surface area contributed by atoms with Crippen LogP contribution in [-0.4, -0.2) is 30.3 Å². The largest absolute Gasteiger partial charge is 0.497 e. The molecule has 0 radical (unpaired) electrons. The van der Waals surface area contributed by atoms with Crippen molar-refractivity contribution in [2.24, 2.45) is 11.0 Å². The van der Waals surface area contributed by atoms with Crippen molar-refractivity contribution in [3.05, 3.63) is 59.7 Å². The first kappa shape index (κ1) is 14.8. The summed E-state index contributed by atoms with van der Waals surface area (Å²) in [6.45, 7) is 2.04. The van der Waals surface area contributed by atoms with Gasteiger partial charge in [0.05, 0.1) is 31.4 Å². The molecular formula is C19H18N2O3. The van der Waals surface area contributed by atoms with Gasteiger partial charge in [-0.25, -0.2) is 5.01 Å². The minimum atomic E-state index is -0.131. The van der Waals surface area contributed by atoms with Gasteiger partial charge in [-0.05, 0) is 17.7 Å². The van der Waals surface area contributed by atoms with Gasteiger partial charge in [-0.15, -0.1) is 0 Å². The van der Waals surface area contributed by atoms with Gasteiger partial charge in [-0.3, -0.25) is 4.79 Å². The lowest BCUT2D eigenvalue weighted by molar-refractivity contribution is -0.131. The summed E-state index contributed by atoms with van der Waals surface area (Å²) in [6.07, 6.45) is 0. The van der Waals surface area contributed by atoms with Crippen LogP contribution in [-0.2, 0) is 4.79 Å². The zero-order valence-corrected chi connectivity index (χ0v) is 13.6. The highest BCUT2D eigenvalue weighted by Gasteiger charge is 2.44. The summed E-state index contributed by atoms with van der Waals surface area (Å²) in [6, 6.07) is 15.6. The third-order valence-electron chi connectivity index (χ3n) is 4.56. The molecule has 1 amide bonds. The number of hydrogen-bond acceptors (Lipinski definition) is 4. The van der Waals surface area contributed by atoms with Crippen molar-refractivity contribution in [3.8, 4) is 11.5 Å². The van der Waals surface area contributed by atoms with E-state index in [4.69, 9.17) is 9.47 Å². The molecule has 4 rings (SSSR count). The molecule has 5 nitrogen and oxygen atoms in total. The number of hydrazone groups is 1. The lowest BCUT2D eigenvalue weighted by Gasteiger charge is -2.29. The topological polar surface area (TPSA) is 51.1 Å². The van der Waals surface area contributed by atoms with Crippen LogP contribution in [0.15, 0.2) is 53.6 Å². The van der Waals surface area contributed by atoms with Crippen molar-refractivity contribution in [2.45, 2.75) is 13.0 Å². The van der Waals surface area contributed by atoms with E-state index in [9.17, 15) is 4.79 Å². The van der Waals surface area contributed by atoms with E-state index in [2.05, 4.69) is 5.10 Å². The molecule has 0 unspecified atom stereocenters. The molecule has 2 atom stereocenters. The second-order valence-electron chi connectivity index (χ2n) is 5.98. The van der Waals surface area contributed by atoms with E-state index in [1.54, 1.807) is 19.0 Å². The number of benzene rings is 2. The first-order chi connectivity index (χ1) is 11.7. The molecule has 24 heavy (non-hydrogen) atoms. The molecule has 0 bridgehead atoms. The maximum absolute atomic E-state index is 12.1. The molecule has 0 saturated carbocycles. The van der Waals surface area contributed by atoms with Gasteiger partial charge in [-0.1, -0.05) is 30.3 Å². The smallest absolute Gasteiger partial charge is 0.240 e. The second-order valence-corrected chi connectivity index (χ2v) is 5.98. The molecule has 0 fully saturated rings. The van der Waals surface area contributed by atoms with Crippen molar-refractivity contribution in [2.75, 3.05) is 13.7 Å². The van der Waals surface area contributed by atoms with Crippen LogP contribution >= 0.6 is 0 Å². The minimum Gasteiger partial charge on any atom is -0.497 e. The fourth-order valence-electron chi connectivity index (χ4n) is 3.43. The van der Waals surface area contributed by atoms with Gasteiger partial charge in [0, 0.05) is 18.6 Å². The standard InChI is InChI=1S/C19H18N2O3/c1-12(22)21-19(13-6-4-3-5-7-13)16-11-24-17-10-14(23-2)8-9-15(17)18(16)20-21/h3-10,16,19H,11H2,1-2H3/t16-,19-/m0/s1. The van der Waals surface area contributed by atoms with Crippen molar-refractivity contribution < 1.29 is 14.3 Å². The van der Waals surface area contributed by atoms with Crippen LogP contribution in [0.25, 0.3) is 0 Å². The molecule has 0 N–H and O–H groups in total. The molecule has 2 aliphatic rings. The van der Waals surface area contributed by atoms with E-state index >= 15 is 0 Å². The van der Waals surface area contributed by atoms with Crippen molar-refractivity contribution in [3.63, 3.8) is 0 Å². The summed E-state index contributed by atoms with van der Waals surface area (Å²) in [5.74, 6) is 1.45. The number of carbonyl (C=O) groups excluding carboxylic acids is 1. The van der Waals surface area contributed by atoms with E-state index in [0.29, 0.717) is 6.61 Å². The third kappa shape index (κ3) is 2.24. The number of rotatable bonds is 2. The van der Waals surface area contributed by atoms with Crippen LogP contribution in [0.4, 0.5) is 0 Å². The van der Waals surface area contributed by atoms with Gasteiger partial charge >= 0.3 is 0 Å². The molecular weight excluding hydrogens is 304 g/mol. The summed E-state index contributed by atoms with van der Waals surface area (Å²) in [5.41, 5.74) is 2.90. The molecule has 0 saturated heterocycles. The van der Waals surface area contributed by atoms with E-state index in [0.717, 1.165) is 28.3 Å². The number of ether oxygens (including phenoxy) is 2. The maximum atomic E-state index is 12.1. The minimum absolute atomic E-state index is 0.0252. The van der Waals surface area contributed by atoms with Crippen molar-refractivity contribution >= 4 is 11.6 Å². The van der Waals surface area contributed by atoms with Crippen molar-refractivity contribution in [1.82, 2.24) is 5.01 Å². The summed E-state index contributed by atoms with van der Waals surface area (Å²) in [4.78, 5) is 12.1. The summed E-state index contributed by atoms with van der Waals surface area (Å²) in [7, 11) is 1.63. The highest BCUT2D eigenvalue weighted by atomic mass is 16.5. The Hall–Kier alpha value is -2.82. The number of methoxy groups -OCH3 is 1. The number of fused-ring (bicyclic) bond motifs is 3. The average Bonchev–Trinajstić information content (AvgIpc) is 3.02. The number of nitrogens with zero attached hydrogens (tertiary/aromatic N) is 2. The predicted octanol–water partition coefficient (Wildman–Crippen LogP) is 3.01. The third-order valence-corrected chi connectivity index (χ3v) is 4.56. The molecule has 5 heteroatoms. The van der Waals surface area contributed by atoms with Crippen molar-refractivity contribution in [1.29, 1.82) is 0 Å². The first-order valence-electron chi connectivity index (χ1n) is 7.93. The van der Waals surface area contributed by atoms with E-state index in [-0.39, 0.29) is 17.9 Å². The molecule has 2 aliphatic heterocycles. The number of carbonyl (C=O) groups is 1. The van der Waals surface area contributed by atoms with Gasteiger partial charge < -0.3 is 9.47 Å². The van der Waals surface area contributed by atoms with Crippen LogP contribution in [0.1, 0.15) is 24.1 Å². The normalized spacial score (nSPS) is 21.4. The highest BCUT2D eigenvalue weighted by molar-refractivity contribution is 6.07. The van der Waals surface area contributed by atoms with Crippen LogP contribution in [0.2, 0.25) is 0 Å². The SMILES string of the molecule is COc1ccc2c(c1)OC[C@H]1C2=NN(C(C)=O)[C@H]1c1ccccc1. The zero-order chi connectivity index (χ0) is 16.7. The van der Waals surface area contributed by atoms with Gasteiger partial charge in [0.1, 0.15) is 11.5 Å². The number of hydrogen-bond donors (Lipinski definition) is 0. The molecule has 122 valence electrons. The van der Waals surface area contributed by atoms with Crippen LogP contribution in [0.3, 0.4) is 0 Å². The van der Waals surface area contributed by atoms with Gasteiger partial charge in [0.25, 0.3) is 0 Å². The second kappa shape index (κ2) is 5.67. The lowest BCUT2D eigenvalue weighted by atomic mass is 9.86. The quantitative estimate of drug-likeness (QED) is 0.854. The summed E-state index contributed by atoms with van der Waals surface area (Å²) < 4.78 is 11.2. The van der Waals surface area contributed by atoms with E-state index in [1.165, 1.54) is 0 Å². The number of amides is 1. The predicted molar refractivity (Wildman–Crippen MR) is 90.2 cm³/mol. The van der Waals surface area contributed by atoms with E-state index < -0.39 is 0 Å². The molecule has 2 aromatic rings. The van der Waals surface area contributed by atoms with Crippen LogP contribution in [0, 0.1) is 5.92 Å². The Kier molecular flexibility index (Phi) is 3.49. The average molecular weight is 322 g/mol. The molecule has 0 aliphatic carbocycles. The molecule has 0 aromatic heterocycles. The fourth-order valence-corrected chi connectivity index (χ4v) is 3.43. The zero-order valence-electron chi connectivity index (χ0n) is 13.6. The molecule has 2 aromatic carbocycles. The Bertz CT molecular complexity index is 817. The Morgan fingerprint density at radius 1 is 1.25 bits per heavy atom. The highest BCUT2D eigenvalue weighted by Crippen LogP contribution is 2.43. The molecule has 2 heterocycles. The van der Waals surface area contributed by atoms with Crippen LogP contribution in [0.5, 0.6) is 11.5 Å². The monoisotopic (exact) mass is 322 g/mol. The lowest BCUT2D eigenvalue weighted by Crippen LogP contribution is -2.34. The summed E-state index contributed by atoms with van der Waals surface area (Å²) >= 11 is 0. The fraction of sp³-hybridized carbons (Fsp3) is 0.263. The Labute approximate surface area is 140 Å². The first-order valence-corrected chi connectivity index (χ1v) is 7.93. The van der Waals surface area contributed by atoms with Crippen LogP contribution < -0.4 is 9.47 Å². The Morgan fingerprint density at radius 3 is 2.75 bits per heavy atom.